The first-order valence-electron chi connectivity index (χ1n) is 6.72. The highest BCUT2D eigenvalue weighted by Crippen LogP contribution is 2.15. The number of hydrogen-bond donors (Lipinski definition) is 0. The number of benzene rings is 1. The minimum Gasteiger partial charge on any atom is -0.304 e. The SMILES string of the molecule is CN1CCCN(C)C(C(=O)Cc2cccc(Br)c2)C1. The van der Waals surface area contributed by atoms with Gasteiger partial charge in [0.1, 0.15) is 0 Å². The van der Waals surface area contributed by atoms with E-state index in [-0.39, 0.29) is 6.04 Å². The second-order valence-electron chi connectivity index (χ2n) is 5.39. The smallest absolute Gasteiger partial charge is 0.155 e. The quantitative estimate of drug-likeness (QED) is 0.851. The molecule has 1 saturated heterocycles. The van der Waals surface area contributed by atoms with Crippen molar-refractivity contribution in [2.45, 2.75) is 18.9 Å². The lowest BCUT2D eigenvalue weighted by Crippen LogP contribution is -2.44. The summed E-state index contributed by atoms with van der Waals surface area (Å²) in [6.45, 7) is 2.91. The number of Topliss-reactive ketones (excluding diaryl/α,β-unsaturated/α-hetero) is 1. The average Bonchev–Trinajstić information content (AvgIpc) is 2.51. The minimum absolute atomic E-state index is 0.0199. The number of ketones is 1. The topological polar surface area (TPSA) is 23.6 Å². The van der Waals surface area contributed by atoms with Crippen molar-refractivity contribution in [2.75, 3.05) is 33.7 Å². The van der Waals surface area contributed by atoms with Gasteiger partial charge in [0, 0.05) is 17.4 Å². The maximum absolute atomic E-state index is 12.5. The van der Waals surface area contributed by atoms with Gasteiger partial charge in [0.2, 0.25) is 0 Å². The molecule has 1 atom stereocenters. The van der Waals surface area contributed by atoms with Gasteiger partial charge in [-0.05, 0) is 51.3 Å². The number of hydrogen-bond acceptors (Lipinski definition) is 3. The molecule has 2 rings (SSSR count). The first kappa shape index (κ1) is 14.7. The summed E-state index contributed by atoms with van der Waals surface area (Å²) < 4.78 is 1.03. The van der Waals surface area contributed by atoms with E-state index in [1.165, 1.54) is 0 Å². The highest BCUT2D eigenvalue weighted by molar-refractivity contribution is 9.10. The van der Waals surface area contributed by atoms with Crippen LogP contribution in [0, 0.1) is 0 Å². The fraction of sp³-hybridized carbons (Fsp3) is 0.533. The van der Waals surface area contributed by atoms with Crippen LogP contribution in [0.2, 0.25) is 0 Å². The summed E-state index contributed by atoms with van der Waals surface area (Å²) in [6, 6.07) is 8.03. The molecule has 1 unspecified atom stereocenters. The molecule has 0 spiro atoms. The maximum atomic E-state index is 12.5. The van der Waals surface area contributed by atoms with Crippen LogP contribution in [0.25, 0.3) is 0 Å². The summed E-state index contributed by atoms with van der Waals surface area (Å²) in [7, 11) is 4.15. The molecule has 1 heterocycles. The van der Waals surface area contributed by atoms with E-state index in [4.69, 9.17) is 0 Å². The van der Waals surface area contributed by atoms with Crippen LogP contribution in [-0.2, 0) is 11.2 Å². The number of carbonyl (C=O) groups excluding carboxylic acids is 1. The van der Waals surface area contributed by atoms with Gasteiger partial charge in [-0.2, -0.15) is 0 Å². The van der Waals surface area contributed by atoms with Crippen molar-refractivity contribution < 1.29 is 4.79 Å². The van der Waals surface area contributed by atoms with Crippen molar-refractivity contribution in [3.05, 3.63) is 34.3 Å². The summed E-state index contributed by atoms with van der Waals surface area (Å²) in [5.74, 6) is 0.314. The van der Waals surface area contributed by atoms with Crippen LogP contribution in [0.1, 0.15) is 12.0 Å². The minimum atomic E-state index is 0.0199. The molecule has 0 bridgehead atoms. The van der Waals surface area contributed by atoms with Gasteiger partial charge in [-0.15, -0.1) is 0 Å². The van der Waals surface area contributed by atoms with E-state index in [1.807, 2.05) is 24.3 Å². The average molecular weight is 325 g/mol. The van der Waals surface area contributed by atoms with Crippen molar-refractivity contribution in [1.82, 2.24) is 9.80 Å². The van der Waals surface area contributed by atoms with E-state index in [0.29, 0.717) is 12.2 Å². The fourth-order valence-corrected chi connectivity index (χ4v) is 3.03. The van der Waals surface area contributed by atoms with Crippen LogP contribution < -0.4 is 0 Å². The molecule has 0 aromatic heterocycles. The van der Waals surface area contributed by atoms with E-state index < -0.39 is 0 Å². The Morgan fingerprint density at radius 1 is 1.37 bits per heavy atom. The molecule has 4 heteroatoms. The standard InChI is InChI=1S/C15H21BrN2O/c1-17-7-4-8-18(2)14(11-17)15(19)10-12-5-3-6-13(16)9-12/h3,5-6,9,14H,4,7-8,10-11H2,1-2H3. The molecule has 3 nitrogen and oxygen atoms in total. The molecule has 19 heavy (non-hydrogen) atoms. The van der Waals surface area contributed by atoms with Crippen molar-refractivity contribution >= 4 is 21.7 Å². The monoisotopic (exact) mass is 324 g/mol. The van der Waals surface area contributed by atoms with Gasteiger partial charge < -0.3 is 4.90 Å². The Morgan fingerprint density at radius 3 is 2.89 bits per heavy atom. The molecule has 0 N–H and O–H groups in total. The van der Waals surface area contributed by atoms with E-state index in [9.17, 15) is 4.79 Å². The number of halogens is 1. The Balaban J connectivity index is 2.05. The largest absolute Gasteiger partial charge is 0.304 e. The van der Waals surface area contributed by atoms with Crippen LogP contribution in [-0.4, -0.2) is 55.4 Å². The zero-order chi connectivity index (χ0) is 13.8. The first-order chi connectivity index (χ1) is 9.06. The fourth-order valence-electron chi connectivity index (χ4n) is 2.59. The normalized spacial score (nSPS) is 22.2. The highest BCUT2D eigenvalue weighted by Gasteiger charge is 2.26. The second kappa shape index (κ2) is 6.64. The summed E-state index contributed by atoms with van der Waals surface area (Å²) in [5, 5.41) is 0. The Kier molecular flexibility index (Phi) is 5.13. The molecule has 1 fully saturated rings. The zero-order valence-electron chi connectivity index (χ0n) is 11.6. The number of nitrogens with zero attached hydrogens (tertiary/aromatic N) is 2. The van der Waals surface area contributed by atoms with Crippen molar-refractivity contribution in [3.8, 4) is 0 Å². The third kappa shape index (κ3) is 4.13. The molecule has 0 amide bonds. The van der Waals surface area contributed by atoms with Gasteiger partial charge in [0.25, 0.3) is 0 Å². The highest BCUT2D eigenvalue weighted by atomic mass is 79.9. The van der Waals surface area contributed by atoms with Gasteiger partial charge >= 0.3 is 0 Å². The predicted molar refractivity (Wildman–Crippen MR) is 81.4 cm³/mol. The van der Waals surface area contributed by atoms with Crippen LogP contribution in [0.5, 0.6) is 0 Å². The van der Waals surface area contributed by atoms with E-state index in [1.54, 1.807) is 0 Å². The van der Waals surface area contributed by atoms with Crippen molar-refractivity contribution in [3.63, 3.8) is 0 Å². The molecule has 0 saturated carbocycles. The molecule has 1 aromatic carbocycles. The van der Waals surface area contributed by atoms with Gasteiger partial charge in [-0.1, -0.05) is 28.1 Å². The Morgan fingerprint density at radius 2 is 2.16 bits per heavy atom. The molecule has 0 aliphatic carbocycles. The lowest BCUT2D eigenvalue weighted by atomic mass is 10.0. The van der Waals surface area contributed by atoms with E-state index in [0.717, 1.165) is 36.1 Å². The second-order valence-corrected chi connectivity index (χ2v) is 6.30. The third-order valence-electron chi connectivity index (χ3n) is 3.71. The zero-order valence-corrected chi connectivity index (χ0v) is 13.2. The molecular weight excluding hydrogens is 304 g/mol. The number of rotatable bonds is 3. The van der Waals surface area contributed by atoms with Crippen LogP contribution in [0.15, 0.2) is 28.7 Å². The van der Waals surface area contributed by atoms with E-state index in [2.05, 4.69) is 39.8 Å². The molecule has 1 aromatic rings. The molecular formula is C15H21BrN2O. The predicted octanol–water partition coefficient (Wildman–Crippen LogP) is 2.20. The Labute approximate surface area is 123 Å². The van der Waals surface area contributed by atoms with Crippen molar-refractivity contribution in [1.29, 1.82) is 0 Å². The Bertz CT molecular complexity index is 450. The summed E-state index contributed by atoms with van der Waals surface area (Å²) in [4.78, 5) is 17.0. The molecule has 1 aliphatic heterocycles. The van der Waals surface area contributed by atoms with Crippen LogP contribution in [0.3, 0.4) is 0 Å². The Hall–Kier alpha value is -0.710. The lowest BCUT2D eigenvalue weighted by Gasteiger charge is -2.26. The summed E-state index contributed by atoms with van der Waals surface area (Å²) in [6.07, 6.45) is 1.65. The van der Waals surface area contributed by atoms with Gasteiger partial charge in [-0.3, -0.25) is 9.69 Å². The lowest BCUT2D eigenvalue weighted by molar-refractivity contribution is -0.123. The van der Waals surface area contributed by atoms with Gasteiger partial charge in [0.15, 0.2) is 5.78 Å². The first-order valence-corrected chi connectivity index (χ1v) is 7.51. The van der Waals surface area contributed by atoms with Crippen molar-refractivity contribution in [2.24, 2.45) is 0 Å². The summed E-state index contributed by atoms with van der Waals surface area (Å²) in [5.41, 5.74) is 1.08. The molecule has 0 radical (unpaired) electrons. The van der Waals surface area contributed by atoms with Gasteiger partial charge in [-0.25, -0.2) is 0 Å². The van der Waals surface area contributed by atoms with Gasteiger partial charge in [0.05, 0.1) is 6.04 Å². The number of likely N-dealkylation sites (N-methyl/N-ethyl adjacent to an activating group) is 2. The molecule has 1 aliphatic rings. The van der Waals surface area contributed by atoms with Crippen LogP contribution in [0.4, 0.5) is 0 Å². The van der Waals surface area contributed by atoms with Crippen LogP contribution >= 0.6 is 15.9 Å². The van der Waals surface area contributed by atoms with E-state index >= 15 is 0 Å². The summed E-state index contributed by atoms with van der Waals surface area (Å²) >= 11 is 3.45. The maximum Gasteiger partial charge on any atom is 0.155 e. The third-order valence-corrected chi connectivity index (χ3v) is 4.20. The molecule has 104 valence electrons. The number of carbonyl (C=O) groups is 1.